The maximum Gasteiger partial charge on any atom is 0.278 e. The highest BCUT2D eigenvalue weighted by Gasteiger charge is 2.32. The zero-order valence-corrected chi connectivity index (χ0v) is 15.9. The summed E-state index contributed by atoms with van der Waals surface area (Å²) in [6, 6.07) is 7.17. The van der Waals surface area contributed by atoms with E-state index in [1.54, 1.807) is 30.4 Å². The molecule has 2 amide bonds. The summed E-state index contributed by atoms with van der Waals surface area (Å²) in [5, 5.41) is 2.87. The maximum absolute atomic E-state index is 12.4. The molecule has 1 heterocycles. The normalized spacial score (nSPS) is 21.4. The average molecular weight is 399 g/mol. The van der Waals surface area contributed by atoms with E-state index in [-0.39, 0.29) is 23.1 Å². The molecule has 0 bridgehead atoms. The number of allylic oxidation sites excluding steroid dienone is 3. The van der Waals surface area contributed by atoms with Gasteiger partial charge in [0.25, 0.3) is 5.91 Å². The van der Waals surface area contributed by atoms with Gasteiger partial charge in [-0.1, -0.05) is 39.0 Å². The Balaban J connectivity index is 1.92. The van der Waals surface area contributed by atoms with Crippen LogP contribution < -0.4 is 5.32 Å². The molecule has 1 aromatic rings. The van der Waals surface area contributed by atoms with Crippen molar-refractivity contribution in [2.75, 3.05) is 0 Å². The Morgan fingerprint density at radius 3 is 2.60 bits per heavy atom. The minimum Gasteiger partial charge on any atom is -0.325 e. The number of aliphatic imine (C=N–C) groups is 1. The number of hydrogen-bond donors (Lipinski definition) is 1. The number of nitrogens with zero attached hydrogens (tertiary/aromatic N) is 1. The zero-order valence-electron chi connectivity index (χ0n) is 14.3. The molecule has 5 heteroatoms. The Hall–Kier alpha value is -2.27. The lowest BCUT2D eigenvalue weighted by Gasteiger charge is -2.34. The monoisotopic (exact) mass is 398 g/mol. The SMILES string of the molecule is CC(C)(C)C1=CC(=O)NC2=CC(=NC(=O)c3ccccc3Br)C=CC21. The highest BCUT2D eigenvalue weighted by atomic mass is 79.9. The molecule has 0 spiro atoms. The Labute approximate surface area is 155 Å². The first kappa shape index (κ1) is 17.5. The van der Waals surface area contributed by atoms with E-state index in [4.69, 9.17) is 0 Å². The fourth-order valence-electron chi connectivity index (χ4n) is 2.95. The van der Waals surface area contributed by atoms with Crippen molar-refractivity contribution in [2.24, 2.45) is 16.3 Å². The van der Waals surface area contributed by atoms with Crippen molar-refractivity contribution in [3.8, 4) is 0 Å². The lowest BCUT2D eigenvalue weighted by Crippen LogP contribution is -2.36. The number of rotatable bonds is 1. The molecule has 0 fully saturated rings. The molecule has 0 saturated heterocycles. The van der Waals surface area contributed by atoms with Crippen molar-refractivity contribution < 1.29 is 9.59 Å². The molecule has 0 aromatic heterocycles. The second-order valence-corrected chi connectivity index (χ2v) is 7.95. The lowest BCUT2D eigenvalue weighted by atomic mass is 9.74. The van der Waals surface area contributed by atoms with Crippen molar-refractivity contribution in [1.82, 2.24) is 5.32 Å². The topological polar surface area (TPSA) is 58.5 Å². The highest BCUT2D eigenvalue weighted by molar-refractivity contribution is 9.10. The first-order chi connectivity index (χ1) is 11.8. The van der Waals surface area contributed by atoms with Gasteiger partial charge in [-0.25, -0.2) is 4.99 Å². The van der Waals surface area contributed by atoms with Crippen LogP contribution in [-0.4, -0.2) is 17.5 Å². The van der Waals surface area contributed by atoms with Crippen LogP contribution in [0.25, 0.3) is 0 Å². The van der Waals surface area contributed by atoms with Crippen molar-refractivity contribution in [1.29, 1.82) is 0 Å². The van der Waals surface area contributed by atoms with Crippen LogP contribution in [0.2, 0.25) is 0 Å². The van der Waals surface area contributed by atoms with Crippen LogP contribution in [0.15, 0.2) is 69.3 Å². The van der Waals surface area contributed by atoms with Gasteiger partial charge in [-0.15, -0.1) is 0 Å². The summed E-state index contributed by atoms with van der Waals surface area (Å²) in [5.74, 6) is -0.453. The van der Waals surface area contributed by atoms with Crippen molar-refractivity contribution in [2.45, 2.75) is 20.8 Å². The Morgan fingerprint density at radius 1 is 1.20 bits per heavy atom. The summed E-state index contributed by atoms with van der Waals surface area (Å²) in [4.78, 5) is 28.6. The van der Waals surface area contributed by atoms with Gasteiger partial charge in [-0.05, 0) is 51.2 Å². The molecule has 0 radical (unpaired) electrons. The summed E-state index contributed by atoms with van der Waals surface area (Å²) in [6.45, 7) is 6.26. The minimum atomic E-state index is -0.323. The number of benzene rings is 1. The first-order valence-electron chi connectivity index (χ1n) is 8.06. The maximum atomic E-state index is 12.4. The molecule has 25 heavy (non-hydrogen) atoms. The van der Waals surface area contributed by atoms with Gasteiger partial charge in [-0.2, -0.15) is 0 Å². The second-order valence-electron chi connectivity index (χ2n) is 7.10. The fourth-order valence-corrected chi connectivity index (χ4v) is 3.41. The molecule has 2 aliphatic rings. The van der Waals surface area contributed by atoms with Gasteiger partial charge in [0.05, 0.1) is 11.3 Å². The third kappa shape index (κ3) is 3.71. The van der Waals surface area contributed by atoms with Crippen LogP contribution in [0.1, 0.15) is 31.1 Å². The summed E-state index contributed by atoms with van der Waals surface area (Å²) >= 11 is 3.37. The number of carbonyl (C=O) groups excluding carboxylic acids is 2. The molecule has 1 unspecified atom stereocenters. The molecule has 1 aliphatic heterocycles. The van der Waals surface area contributed by atoms with Crippen molar-refractivity contribution >= 4 is 33.5 Å². The van der Waals surface area contributed by atoms with E-state index < -0.39 is 0 Å². The van der Waals surface area contributed by atoms with Crippen LogP contribution in [0.4, 0.5) is 0 Å². The Bertz CT molecular complexity index is 870. The minimum absolute atomic E-state index is 0.00946. The number of nitrogens with one attached hydrogen (secondary N) is 1. The van der Waals surface area contributed by atoms with Crippen LogP contribution >= 0.6 is 15.9 Å². The Morgan fingerprint density at radius 2 is 1.92 bits per heavy atom. The van der Waals surface area contributed by atoms with E-state index in [1.807, 2.05) is 18.2 Å². The Kier molecular flexibility index (Phi) is 4.60. The molecule has 128 valence electrons. The van der Waals surface area contributed by atoms with E-state index in [9.17, 15) is 9.59 Å². The third-order valence-electron chi connectivity index (χ3n) is 4.19. The summed E-state index contributed by atoms with van der Waals surface area (Å²) in [6.07, 6.45) is 7.26. The van der Waals surface area contributed by atoms with Crippen molar-refractivity contribution in [3.05, 3.63) is 69.9 Å². The molecular weight excluding hydrogens is 380 g/mol. The fraction of sp³-hybridized carbons (Fsp3) is 0.250. The van der Waals surface area contributed by atoms with E-state index in [1.165, 1.54) is 0 Å². The highest BCUT2D eigenvalue weighted by Crippen LogP contribution is 2.38. The summed E-state index contributed by atoms with van der Waals surface area (Å²) in [5.41, 5.74) is 2.73. The first-order valence-corrected chi connectivity index (χ1v) is 8.85. The van der Waals surface area contributed by atoms with Crippen LogP contribution in [0.5, 0.6) is 0 Å². The van der Waals surface area contributed by atoms with Gasteiger partial charge in [0.2, 0.25) is 5.91 Å². The number of hydrogen-bond acceptors (Lipinski definition) is 2. The number of amides is 2. The number of halogens is 1. The third-order valence-corrected chi connectivity index (χ3v) is 4.88. The van der Waals surface area contributed by atoms with Gasteiger partial charge in [-0.3, -0.25) is 9.59 Å². The van der Waals surface area contributed by atoms with Crippen molar-refractivity contribution in [3.63, 3.8) is 0 Å². The van der Waals surface area contributed by atoms with Crippen LogP contribution in [0.3, 0.4) is 0 Å². The van der Waals surface area contributed by atoms with Gasteiger partial charge in [0.1, 0.15) is 0 Å². The quantitative estimate of drug-likeness (QED) is 0.770. The standard InChI is InChI=1S/C20H19BrN2O2/c1-20(2,3)15-11-18(24)23-17-10-12(8-9-13(15)17)22-19(25)14-6-4-5-7-16(14)21/h4-11,13H,1-3H3,(H,23,24). The molecule has 1 aliphatic carbocycles. The smallest absolute Gasteiger partial charge is 0.278 e. The van der Waals surface area contributed by atoms with Gasteiger partial charge < -0.3 is 5.32 Å². The van der Waals surface area contributed by atoms with Gasteiger partial charge in [0.15, 0.2) is 0 Å². The average Bonchev–Trinajstić information content (AvgIpc) is 2.53. The molecule has 1 atom stereocenters. The van der Waals surface area contributed by atoms with E-state index in [2.05, 4.69) is 47.0 Å². The van der Waals surface area contributed by atoms with Crippen LogP contribution in [0, 0.1) is 11.3 Å². The summed E-state index contributed by atoms with van der Waals surface area (Å²) < 4.78 is 0.707. The van der Waals surface area contributed by atoms with Gasteiger partial charge >= 0.3 is 0 Å². The predicted molar refractivity (Wildman–Crippen MR) is 102 cm³/mol. The van der Waals surface area contributed by atoms with Gasteiger partial charge in [0, 0.05) is 22.2 Å². The number of fused-ring (bicyclic) bond motifs is 1. The molecular formula is C20H19BrN2O2. The van der Waals surface area contributed by atoms with E-state index in [0.717, 1.165) is 11.3 Å². The van der Waals surface area contributed by atoms with E-state index in [0.29, 0.717) is 15.7 Å². The second kappa shape index (κ2) is 6.56. The van der Waals surface area contributed by atoms with Crippen LogP contribution in [-0.2, 0) is 4.79 Å². The zero-order chi connectivity index (χ0) is 18.2. The summed E-state index contributed by atoms with van der Waals surface area (Å²) in [7, 11) is 0. The molecule has 1 N–H and O–H groups in total. The molecule has 0 saturated carbocycles. The molecule has 4 nitrogen and oxygen atoms in total. The predicted octanol–water partition coefficient (Wildman–Crippen LogP) is 4.20. The van der Waals surface area contributed by atoms with E-state index >= 15 is 0 Å². The molecule has 3 rings (SSSR count). The largest absolute Gasteiger partial charge is 0.325 e. The number of carbonyl (C=O) groups is 2. The molecule has 1 aromatic carbocycles. The lowest BCUT2D eigenvalue weighted by molar-refractivity contribution is -0.116.